The van der Waals surface area contributed by atoms with E-state index in [0.717, 1.165) is 28.4 Å². The Morgan fingerprint density at radius 2 is 1.64 bits per heavy atom. The van der Waals surface area contributed by atoms with E-state index in [2.05, 4.69) is 36.5 Å². The van der Waals surface area contributed by atoms with Crippen molar-refractivity contribution in [2.45, 2.75) is 71.6 Å². The van der Waals surface area contributed by atoms with Gasteiger partial charge in [0, 0.05) is 23.7 Å². The lowest BCUT2D eigenvalue weighted by Gasteiger charge is -2.19. The monoisotopic (exact) mass is 401 g/mol. The zero-order valence-electron chi connectivity index (χ0n) is 17.1. The number of rotatable bonds is 8. The van der Waals surface area contributed by atoms with Gasteiger partial charge in [0.15, 0.2) is 11.5 Å². The number of benzene rings is 2. The molecule has 0 heterocycles. The second-order valence-corrected chi connectivity index (χ2v) is 8.07. The first-order chi connectivity index (χ1) is 13.7. The van der Waals surface area contributed by atoms with E-state index in [4.69, 9.17) is 21.1 Å². The van der Waals surface area contributed by atoms with Crippen molar-refractivity contribution in [2.24, 2.45) is 0 Å². The van der Waals surface area contributed by atoms with Crippen LogP contribution in [0.4, 0.5) is 0 Å². The van der Waals surface area contributed by atoms with Crippen molar-refractivity contribution in [3.8, 4) is 11.5 Å². The quantitative estimate of drug-likeness (QED) is 0.516. The largest absolute Gasteiger partial charge is 0.490 e. The summed E-state index contributed by atoms with van der Waals surface area (Å²) in [6.45, 7) is 5.93. The molecule has 4 heteroatoms. The number of nitrogens with one attached hydrogen (secondary N) is 1. The molecule has 0 aliphatic heterocycles. The second kappa shape index (κ2) is 10.7. The fourth-order valence-corrected chi connectivity index (χ4v) is 3.90. The minimum atomic E-state index is 0.496. The van der Waals surface area contributed by atoms with Gasteiger partial charge in [0.25, 0.3) is 0 Å². The lowest BCUT2D eigenvalue weighted by Crippen LogP contribution is -2.28. The second-order valence-electron chi connectivity index (χ2n) is 7.67. The molecule has 3 nitrogen and oxygen atoms in total. The zero-order chi connectivity index (χ0) is 19.8. The molecule has 1 N–H and O–H groups in total. The standard InChI is InChI=1S/C24H32ClNO2/c1-3-27-23-14-20(16-26-21-8-6-4-5-7-9-21)22(25)15-24(23)28-17-19-12-10-18(2)11-13-19/h10-15,21,26H,3-9,16-17H2,1-2H3. The van der Waals surface area contributed by atoms with Gasteiger partial charge in [-0.25, -0.2) is 0 Å². The van der Waals surface area contributed by atoms with E-state index in [1.165, 1.54) is 44.1 Å². The predicted octanol–water partition coefficient (Wildman–Crippen LogP) is 6.44. The van der Waals surface area contributed by atoms with E-state index in [0.29, 0.717) is 25.0 Å². The van der Waals surface area contributed by atoms with Crippen LogP contribution in [0.15, 0.2) is 36.4 Å². The number of hydrogen-bond donors (Lipinski definition) is 1. The Labute approximate surface area is 174 Å². The molecule has 2 aromatic rings. The summed E-state index contributed by atoms with van der Waals surface area (Å²) >= 11 is 6.58. The minimum Gasteiger partial charge on any atom is -0.490 e. The number of aryl methyl sites for hydroxylation is 1. The molecule has 1 aliphatic carbocycles. The lowest BCUT2D eigenvalue weighted by atomic mass is 10.1. The molecule has 0 bridgehead atoms. The number of halogens is 1. The van der Waals surface area contributed by atoms with Crippen LogP contribution in [-0.2, 0) is 13.2 Å². The molecule has 152 valence electrons. The van der Waals surface area contributed by atoms with Crippen LogP contribution in [0.5, 0.6) is 11.5 Å². The summed E-state index contributed by atoms with van der Waals surface area (Å²) in [5, 5.41) is 4.42. The van der Waals surface area contributed by atoms with Gasteiger partial charge < -0.3 is 14.8 Å². The molecule has 0 unspecified atom stereocenters. The van der Waals surface area contributed by atoms with Gasteiger partial charge in [-0.1, -0.05) is 67.1 Å². The molecule has 1 fully saturated rings. The Hall–Kier alpha value is -1.71. The fraction of sp³-hybridized carbons (Fsp3) is 0.500. The van der Waals surface area contributed by atoms with Crippen LogP contribution in [0.3, 0.4) is 0 Å². The molecule has 0 aromatic heterocycles. The van der Waals surface area contributed by atoms with Gasteiger partial charge in [0.2, 0.25) is 0 Å². The maximum absolute atomic E-state index is 6.58. The van der Waals surface area contributed by atoms with E-state index >= 15 is 0 Å². The number of hydrogen-bond acceptors (Lipinski definition) is 3. The van der Waals surface area contributed by atoms with Gasteiger partial charge in [-0.2, -0.15) is 0 Å². The Morgan fingerprint density at radius 1 is 0.964 bits per heavy atom. The molecule has 2 aromatic carbocycles. The molecule has 0 saturated heterocycles. The van der Waals surface area contributed by atoms with Gasteiger partial charge in [-0.05, 0) is 43.9 Å². The van der Waals surface area contributed by atoms with Crippen molar-refractivity contribution in [1.29, 1.82) is 0 Å². The molecular formula is C24H32ClNO2. The first kappa shape index (κ1) is 21.0. The normalized spacial score (nSPS) is 15.2. The first-order valence-electron chi connectivity index (χ1n) is 10.5. The highest BCUT2D eigenvalue weighted by atomic mass is 35.5. The van der Waals surface area contributed by atoms with Crippen LogP contribution < -0.4 is 14.8 Å². The Balaban J connectivity index is 1.67. The highest BCUT2D eigenvalue weighted by Gasteiger charge is 2.15. The molecule has 0 atom stereocenters. The van der Waals surface area contributed by atoms with Crippen LogP contribution in [0.1, 0.15) is 62.1 Å². The van der Waals surface area contributed by atoms with Crippen LogP contribution in [0, 0.1) is 6.92 Å². The van der Waals surface area contributed by atoms with Crippen LogP contribution in [0.25, 0.3) is 0 Å². The zero-order valence-corrected chi connectivity index (χ0v) is 17.9. The molecular weight excluding hydrogens is 370 g/mol. The summed E-state index contributed by atoms with van der Waals surface area (Å²) in [7, 11) is 0. The fourth-order valence-electron chi connectivity index (χ4n) is 3.68. The first-order valence-corrected chi connectivity index (χ1v) is 10.9. The van der Waals surface area contributed by atoms with Crippen LogP contribution in [-0.4, -0.2) is 12.6 Å². The SMILES string of the molecule is CCOc1cc(CNC2CCCCCC2)c(Cl)cc1OCc1ccc(C)cc1. The van der Waals surface area contributed by atoms with Gasteiger partial charge in [-0.3, -0.25) is 0 Å². The molecule has 0 spiro atoms. The third-order valence-electron chi connectivity index (χ3n) is 5.36. The van der Waals surface area contributed by atoms with Crippen molar-refractivity contribution in [2.75, 3.05) is 6.61 Å². The molecule has 28 heavy (non-hydrogen) atoms. The maximum atomic E-state index is 6.58. The van der Waals surface area contributed by atoms with Gasteiger partial charge >= 0.3 is 0 Å². The van der Waals surface area contributed by atoms with Crippen molar-refractivity contribution < 1.29 is 9.47 Å². The van der Waals surface area contributed by atoms with Crippen molar-refractivity contribution in [1.82, 2.24) is 5.32 Å². The van der Waals surface area contributed by atoms with Crippen molar-refractivity contribution in [3.63, 3.8) is 0 Å². The highest BCUT2D eigenvalue weighted by molar-refractivity contribution is 6.31. The van der Waals surface area contributed by atoms with E-state index in [1.54, 1.807) is 0 Å². The summed E-state index contributed by atoms with van der Waals surface area (Å²) in [6, 6.07) is 12.9. The smallest absolute Gasteiger partial charge is 0.163 e. The van der Waals surface area contributed by atoms with E-state index < -0.39 is 0 Å². The lowest BCUT2D eigenvalue weighted by molar-refractivity contribution is 0.269. The van der Waals surface area contributed by atoms with Crippen LogP contribution in [0.2, 0.25) is 5.02 Å². The summed E-state index contributed by atoms with van der Waals surface area (Å²) in [5.74, 6) is 1.46. The van der Waals surface area contributed by atoms with Gasteiger partial charge in [-0.15, -0.1) is 0 Å². The topological polar surface area (TPSA) is 30.5 Å². The Bertz CT molecular complexity index is 737. The Morgan fingerprint density at radius 3 is 2.32 bits per heavy atom. The molecule has 1 aliphatic rings. The van der Waals surface area contributed by atoms with Gasteiger partial charge in [0.1, 0.15) is 6.61 Å². The van der Waals surface area contributed by atoms with E-state index in [1.807, 2.05) is 19.1 Å². The number of ether oxygens (including phenoxy) is 2. The van der Waals surface area contributed by atoms with Crippen molar-refractivity contribution >= 4 is 11.6 Å². The van der Waals surface area contributed by atoms with E-state index in [9.17, 15) is 0 Å². The minimum absolute atomic E-state index is 0.496. The molecule has 0 radical (unpaired) electrons. The third kappa shape index (κ3) is 6.15. The molecule has 3 rings (SSSR count). The summed E-state index contributed by atoms with van der Waals surface area (Å²) in [5.41, 5.74) is 3.44. The Kier molecular flexibility index (Phi) is 8.05. The van der Waals surface area contributed by atoms with E-state index in [-0.39, 0.29) is 0 Å². The predicted molar refractivity (Wildman–Crippen MR) is 116 cm³/mol. The average Bonchev–Trinajstić information content (AvgIpc) is 2.97. The molecule has 1 saturated carbocycles. The summed E-state index contributed by atoms with van der Waals surface area (Å²) in [4.78, 5) is 0. The van der Waals surface area contributed by atoms with Crippen LogP contribution >= 0.6 is 11.6 Å². The molecule has 0 amide bonds. The highest BCUT2D eigenvalue weighted by Crippen LogP contribution is 2.34. The third-order valence-corrected chi connectivity index (χ3v) is 5.72. The average molecular weight is 402 g/mol. The van der Waals surface area contributed by atoms with Gasteiger partial charge in [0.05, 0.1) is 6.61 Å². The summed E-state index contributed by atoms with van der Waals surface area (Å²) in [6.07, 6.45) is 7.88. The maximum Gasteiger partial charge on any atom is 0.163 e. The van der Waals surface area contributed by atoms with Crippen molar-refractivity contribution in [3.05, 3.63) is 58.1 Å². The summed E-state index contributed by atoms with van der Waals surface area (Å²) < 4.78 is 11.9.